The predicted octanol–water partition coefficient (Wildman–Crippen LogP) is 1.13. The monoisotopic (exact) mass is 178 g/mol. The van der Waals surface area contributed by atoms with Crippen molar-refractivity contribution in [1.29, 1.82) is 0 Å². The molecule has 0 spiro atoms. The molecule has 0 amide bonds. The van der Waals surface area contributed by atoms with Gasteiger partial charge in [0.2, 0.25) is 0 Å². The van der Waals surface area contributed by atoms with Gasteiger partial charge in [-0.1, -0.05) is 0 Å². The second-order valence-corrected chi connectivity index (χ2v) is 3.09. The van der Waals surface area contributed by atoms with Crippen LogP contribution in [0.5, 0.6) is 0 Å². The Bertz CT molecular complexity index is 163. The molecule has 0 bridgehead atoms. The predicted molar refractivity (Wildman–Crippen MR) is 41.6 cm³/mol. The van der Waals surface area contributed by atoms with Crippen LogP contribution >= 0.6 is 11.6 Å². The first-order valence-electron chi connectivity index (χ1n) is 3.34. The Morgan fingerprint density at radius 1 is 1.27 bits per heavy atom. The highest BCUT2D eigenvalue weighted by molar-refractivity contribution is 6.47. The number of halogens is 1. The quantitative estimate of drug-likeness (QED) is 0.370. The normalized spacial score (nSPS) is 12.8. The maximum atomic E-state index is 10.8. The summed E-state index contributed by atoms with van der Waals surface area (Å²) in [4.78, 5) is 21.5. The average Bonchev–Trinajstić information content (AvgIpc) is 1.84. The van der Waals surface area contributed by atoms with Gasteiger partial charge in [0.05, 0.1) is 6.10 Å². The lowest BCUT2D eigenvalue weighted by atomic mass is 10.3. The van der Waals surface area contributed by atoms with E-state index in [0.717, 1.165) is 0 Å². The second-order valence-electron chi connectivity index (χ2n) is 2.43. The van der Waals surface area contributed by atoms with Crippen molar-refractivity contribution in [2.24, 2.45) is 0 Å². The minimum absolute atomic E-state index is 0.276. The fourth-order valence-electron chi connectivity index (χ4n) is 0.435. The highest BCUT2D eigenvalue weighted by Gasteiger charge is 2.21. The van der Waals surface area contributed by atoms with E-state index in [9.17, 15) is 9.59 Å². The number of esters is 1. The van der Waals surface area contributed by atoms with Crippen molar-refractivity contribution in [2.75, 3.05) is 0 Å². The SMILES string of the molecule is CC(C)OC(=O)C(=O)C(C)Cl. The van der Waals surface area contributed by atoms with Crippen LogP contribution in [0.2, 0.25) is 0 Å². The van der Waals surface area contributed by atoms with Crippen LogP contribution in [0.15, 0.2) is 0 Å². The third-order valence-corrected chi connectivity index (χ3v) is 1.10. The summed E-state index contributed by atoms with van der Waals surface area (Å²) in [5.41, 5.74) is 0. The molecule has 0 N–H and O–H groups in total. The second kappa shape index (κ2) is 4.34. The van der Waals surface area contributed by atoms with Crippen molar-refractivity contribution in [1.82, 2.24) is 0 Å². The Labute approximate surface area is 70.7 Å². The summed E-state index contributed by atoms with van der Waals surface area (Å²) in [6, 6.07) is 0. The van der Waals surface area contributed by atoms with Crippen molar-refractivity contribution in [2.45, 2.75) is 32.3 Å². The highest BCUT2D eigenvalue weighted by atomic mass is 35.5. The van der Waals surface area contributed by atoms with Gasteiger partial charge in [0.1, 0.15) is 5.38 Å². The van der Waals surface area contributed by atoms with Crippen molar-refractivity contribution in [3.05, 3.63) is 0 Å². The maximum Gasteiger partial charge on any atom is 0.376 e. The van der Waals surface area contributed by atoms with Gasteiger partial charge in [0.15, 0.2) is 0 Å². The van der Waals surface area contributed by atoms with Gasteiger partial charge in [-0.2, -0.15) is 0 Å². The van der Waals surface area contributed by atoms with Gasteiger partial charge in [0.25, 0.3) is 5.78 Å². The number of ketones is 1. The van der Waals surface area contributed by atoms with Crippen LogP contribution in [-0.4, -0.2) is 23.2 Å². The molecule has 4 heteroatoms. The zero-order valence-corrected chi connectivity index (χ0v) is 7.51. The number of ether oxygens (including phenoxy) is 1. The summed E-state index contributed by atoms with van der Waals surface area (Å²) in [5.74, 6) is -1.55. The van der Waals surface area contributed by atoms with Crippen molar-refractivity contribution < 1.29 is 14.3 Å². The van der Waals surface area contributed by atoms with Gasteiger partial charge in [0, 0.05) is 0 Å². The number of carbonyl (C=O) groups excluding carboxylic acids is 2. The Hall–Kier alpha value is -0.570. The lowest BCUT2D eigenvalue weighted by Gasteiger charge is -2.06. The van der Waals surface area contributed by atoms with Crippen molar-refractivity contribution >= 4 is 23.4 Å². The van der Waals surface area contributed by atoms with E-state index in [2.05, 4.69) is 4.74 Å². The molecule has 0 aromatic carbocycles. The van der Waals surface area contributed by atoms with Gasteiger partial charge in [-0.25, -0.2) is 4.79 Å². The smallest absolute Gasteiger partial charge is 0.376 e. The third-order valence-electron chi connectivity index (χ3n) is 0.905. The lowest BCUT2D eigenvalue weighted by molar-refractivity contribution is -0.156. The molecule has 0 aliphatic rings. The number of carbonyl (C=O) groups is 2. The Balaban J connectivity index is 3.94. The number of rotatable bonds is 3. The maximum absolute atomic E-state index is 10.8. The molecular weight excluding hydrogens is 168 g/mol. The molecule has 1 unspecified atom stereocenters. The van der Waals surface area contributed by atoms with E-state index in [0.29, 0.717) is 0 Å². The standard InChI is InChI=1S/C7H11ClO3/c1-4(2)11-7(10)6(9)5(3)8/h4-5H,1-3H3. The molecule has 0 aromatic heterocycles. The molecule has 0 saturated heterocycles. The van der Waals surface area contributed by atoms with Gasteiger partial charge in [-0.3, -0.25) is 4.79 Å². The lowest BCUT2D eigenvalue weighted by Crippen LogP contribution is -2.26. The van der Waals surface area contributed by atoms with Gasteiger partial charge in [-0.15, -0.1) is 11.6 Å². The first kappa shape index (κ1) is 10.4. The molecule has 0 aromatic rings. The minimum atomic E-state index is -0.859. The van der Waals surface area contributed by atoms with E-state index in [-0.39, 0.29) is 6.10 Å². The van der Waals surface area contributed by atoms with E-state index in [1.807, 2.05) is 0 Å². The van der Waals surface area contributed by atoms with Gasteiger partial charge in [-0.05, 0) is 20.8 Å². The topological polar surface area (TPSA) is 43.4 Å². The van der Waals surface area contributed by atoms with E-state index in [4.69, 9.17) is 11.6 Å². The van der Waals surface area contributed by atoms with E-state index in [1.54, 1.807) is 13.8 Å². The fraction of sp³-hybridized carbons (Fsp3) is 0.714. The van der Waals surface area contributed by atoms with Crippen molar-refractivity contribution in [3.8, 4) is 0 Å². The van der Waals surface area contributed by atoms with Crippen LogP contribution in [-0.2, 0) is 14.3 Å². The van der Waals surface area contributed by atoms with Crippen LogP contribution in [0.4, 0.5) is 0 Å². The van der Waals surface area contributed by atoms with Gasteiger partial charge < -0.3 is 4.74 Å². The van der Waals surface area contributed by atoms with E-state index in [1.165, 1.54) is 6.92 Å². The Morgan fingerprint density at radius 3 is 2.00 bits per heavy atom. The summed E-state index contributed by atoms with van der Waals surface area (Å²) in [6.45, 7) is 4.78. The van der Waals surface area contributed by atoms with E-state index >= 15 is 0 Å². The molecular formula is C7H11ClO3. The molecule has 0 heterocycles. The van der Waals surface area contributed by atoms with Crippen LogP contribution in [0, 0.1) is 0 Å². The number of hydrogen-bond donors (Lipinski definition) is 0. The summed E-state index contributed by atoms with van der Waals surface area (Å²) in [7, 11) is 0. The van der Waals surface area contributed by atoms with Gasteiger partial charge >= 0.3 is 5.97 Å². The minimum Gasteiger partial charge on any atom is -0.457 e. The zero-order valence-electron chi connectivity index (χ0n) is 6.76. The molecule has 1 atom stereocenters. The van der Waals surface area contributed by atoms with Crippen LogP contribution in [0.25, 0.3) is 0 Å². The van der Waals surface area contributed by atoms with Crippen LogP contribution in [0.3, 0.4) is 0 Å². The highest BCUT2D eigenvalue weighted by Crippen LogP contribution is 1.99. The Morgan fingerprint density at radius 2 is 1.73 bits per heavy atom. The van der Waals surface area contributed by atoms with Crippen LogP contribution in [0.1, 0.15) is 20.8 Å². The molecule has 0 aliphatic carbocycles. The first-order chi connectivity index (χ1) is 4.95. The zero-order chi connectivity index (χ0) is 9.02. The number of alkyl halides is 1. The summed E-state index contributed by atoms with van der Waals surface area (Å²) >= 11 is 5.36. The third kappa shape index (κ3) is 3.98. The number of Topliss-reactive ketones (excluding diaryl/α,β-unsaturated/α-hetero) is 1. The Kier molecular flexibility index (Phi) is 4.11. The molecule has 64 valence electrons. The molecule has 0 fully saturated rings. The summed E-state index contributed by atoms with van der Waals surface area (Å²) < 4.78 is 4.60. The summed E-state index contributed by atoms with van der Waals surface area (Å²) in [5, 5.41) is -0.804. The van der Waals surface area contributed by atoms with Crippen LogP contribution < -0.4 is 0 Å². The number of hydrogen-bond acceptors (Lipinski definition) is 3. The van der Waals surface area contributed by atoms with E-state index < -0.39 is 17.1 Å². The molecule has 0 aliphatic heterocycles. The molecule has 3 nitrogen and oxygen atoms in total. The first-order valence-corrected chi connectivity index (χ1v) is 3.77. The fourth-order valence-corrected chi connectivity index (χ4v) is 0.524. The molecule has 0 radical (unpaired) electrons. The molecule has 0 rings (SSSR count). The van der Waals surface area contributed by atoms with Crippen molar-refractivity contribution in [3.63, 3.8) is 0 Å². The largest absolute Gasteiger partial charge is 0.457 e. The average molecular weight is 179 g/mol. The molecule has 0 saturated carbocycles. The summed E-state index contributed by atoms with van der Waals surface area (Å²) in [6.07, 6.45) is -0.276. The molecule has 11 heavy (non-hydrogen) atoms.